The number of nitrogens with one attached hydrogen (secondary N) is 1. The van der Waals surface area contributed by atoms with Crippen molar-refractivity contribution in [3.63, 3.8) is 0 Å². The predicted molar refractivity (Wildman–Crippen MR) is 68.7 cm³/mol. The van der Waals surface area contributed by atoms with Gasteiger partial charge in [0.1, 0.15) is 17.7 Å². The molecule has 0 saturated heterocycles. The SMILES string of the molecule is CC(=O)Oc1c(C=C(C#N)C#N)[nH]c2c1CCC=C2. The minimum absolute atomic E-state index is 0.0454. The Kier molecular flexibility index (Phi) is 3.49. The standard InChI is InChI=1S/C14H11N3O2/c1-9(18)19-14-11-4-2-3-5-12(11)17-13(14)6-10(7-15)8-16/h3,5-6,17H,2,4H2,1H3. The Morgan fingerprint density at radius 2 is 2.21 bits per heavy atom. The smallest absolute Gasteiger partial charge is 0.308 e. The van der Waals surface area contributed by atoms with E-state index in [0.717, 1.165) is 24.1 Å². The van der Waals surface area contributed by atoms with Gasteiger partial charge in [-0.15, -0.1) is 0 Å². The second-order valence-corrected chi connectivity index (χ2v) is 4.08. The summed E-state index contributed by atoms with van der Waals surface area (Å²) in [5.41, 5.74) is 2.18. The van der Waals surface area contributed by atoms with Crippen molar-refractivity contribution in [3.8, 4) is 17.9 Å². The zero-order chi connectivity index (χ0) is 13.8. The molecule has 1 aliphatic rings. The van der Waals surface area contributed by atoms with E-state index in [4.69, 9.17) is 15.3 Å². The van der Waals surface area contributed by atoms with Crippen molar-refractivity contribution in [2.75, 3.05) is 0 Å². The summed E-state index contributed by atoms with van der Waals surface area (Å²) in [5.74, 6) is -0.0173. The minimum Gasteiger partial charge on any atom is -0.424 e. The van der Waals surface area contributed by atoms with E-state index < -0.39 is 5.97 Å². The number of H-pyrrole nitrogens is 1. The number of allylic oxidation sites excluding steroid dienone is 2. The first-order chi connectivity index (χ1) is 9.15. The molecular formula is C14H11N3O2. The molecule has 0 bridgehead atoms. The van der Waals surface area contributed by atoms with Crippen LogP contribution in [0.3, 0.4) is 0 Å². The summed E-state index contributed by atoms with van der Waals surface area (Å²) in [5, 5.41) is 17.6. The number of esters is 1. The second kappa shape index (κ2) is 5.24. The first kappa shape index (κ1) is 12.7. The lowest BCUT2D eigenvalue weighted by Gasteiger charge is -2.07. The third-order valence-electron chi connectivity index (χ3n) is 2.73. The predicted octanol–water partition coefficient (Wildman–Crippen LogP) is 2.33. The summed E-state index contributed by atoms with van der Waals surface area (Å²) >= 11 is 0. The molecule has 0 atom stereocenters. The number of carbonyl (C=O) groups is 1. The first-order valence-corrected chi connectivity index (χ1v) is 5.77. The average Bonchev–Trinajstić information content (AvgIpc) is 2.73. The number of hydrogen-bond acceptors (Lipinski definition) is 4. The van der Waals surface area contributed by atoms with E-state index in [9.17, 15) is 4.79 Å². The molecular weight excluding hydrogens is 242 g/mol. The average molecular weight is 253 g/mol. The zero-order valence-corrected chi connectivity index (χ0v) is 10.4. The van der Waals surface area contributed by atoms with Crippen molar-refractivity contribution in [1.29, 1.82) is 10.5 Å². The number of hydrogen-bond donors (Lipinski definition) is 1. The van der Waals surface area contributed by atoms with Crippen molar-refractivity contribution < 1.29 is 9.53 Å². The molecule has 19 heavy (non-hydrogen) atoms. The molecule has 0 saturated carbocycles. The minimum atomic E-state index is -0.429. The zero-order valence-electron chi connectivity index (χ0n) is 10.4. The van der Waals surface area contributed by atoms with Gasteiger partial charge >= 0.3 is 5.97 Å². The Morgan fingerprint density at radius 3 is 2.84 bits per heavy atom. The molecule has 0 aliphatic heterocycles. The second-order valence-electron chi connectivity index (χ2n) is 4.08. The summed E-state index contributed by atoms with van der Waals surface area (Å²) in [6.45, 7) is 1.32. The normalized spacial score (nSPS) is 11.9. The third-order valence-corrected chi connectivity index (χ3v) is 2.73. The van der Waals surface area contributed by atoms with Crippen molar-refractivity contribution in [2.24, 2.45) is 0 Å². The van der Waals surface area contributed by atoms with E-state index in [0.29, 0.717) is 11.4 Å². The van der Waals surface area contributed by atoms with E-state index in [2.05, 4.69) is 4.98 Å². The molecule has 5 heteroatoms. The Morgan fingerprint density at radius 1 is 1.47 bits per heavy atom. The van der Waals surface area contributed by atoms with E-state index in [-0.39, 0.29) is 5.57 Å². The number of aromatic amines is 1. The molecule has 0 radical (unpaired) electrons. The fourth-order valence-electron chi connectivity index (χ4n) is 1.98. The van der Waals surface area contributed by atoms with Gasteiger partial charge in [-0.05, 0) is 25.0 Å². The summed E-state index contributed by atoms with van der Waals surface area (Å²) in [6.07, 6.45) is 6.93. The molecule has 1 heterocycles. The monoisotopic (exact) mass is 253 g/mol. The van der Waals surface area contributed by atoms with Gasteiger partial charge in [-0.3, -0.25) is 4.79 Å². The van der Waals surface area contributed by atoms with Gasteiger partial charge < -0.3 is 9.72 Å². The molecule has 5 nitrogen and oxygen atoms in total. The lowest BCUT2D eigenvalue weighted by atomic mass is 10.0. The van der Waals surface area contributed by atoms with Crippen LogP contribution in [0.4, 0.5) is 0 Å². The van der Waals surface area contributed by atoms with Crippen LogP contribution in [0, 0.1) is 22.7 Å². The summed E-state index contributed by atoms with van der Waals surface area (Å²) in [6, 6.07) is 3.57. The number of fused-ring (bicyclic) bond motifs is 1. The Balaban J connectivity index is 2.55. The maximum absolute atomic E-state index is 11.2. The van der Waals surface area contributed by atoms with Gasteiger partial charge in [0, 0.05) is 18.2 Å². The highest BCUT2D eigenvalue weighted by atomic mass is 16.5. The van der Waals surface area contributed by atoms with E-state index >= 15 is 0 Å². The van der Waals surface area contributed by atoms with E-state index in [1.165, 1.54) is 13.0 Å². The number of nitrogens with zero attached hydrogens (tertiary/aromatic N) is 2. The molecule has 2 rings (SSSR count). The summed E-state index contributed by atoms with van der Waals surface area (Å²) in [4.78, 5) is 14.2. The number of rotatable bonds is 2. The van der Waals surface area contributed by atoms with Gasteiger partial charge in [0.25, 0.3) is 0 Å². The van der Waals surface area contributed by atoms with Crippen molar-refractivity contribution in [2.45, 2.75) is 19.8 Å². The molecule has 0 amide bonds. The van der Waals surface area contributed by atoms with Gasteiger partial charge in [-0.1, -0.05) is 6.08 Å². The largest absolute Gasteiger partial charge is 0.424 e. The van der Waals surface area contributed by atoms with Crippen LogP contribution in [-0.2, 0) is 11.2 Å². The van der Waals surface area contributed by atoms with Gasteiger partial charge in [0.05, 0.1) is 5.69 Å². The molecule has 1 aromatic rings. The van der Waals surface area contributed by atoms with Gasteiger partial charge in [-0.2, -0.15) is 10.5 Å². The van der Waals surface area contributed by atoms with Crippen LogP contribution in [0.25, 0.3) is 12.2 Å². The van der Waals surface area contributed by atoms with Crippen LogP contribution in [0.15, 0.2) is 11.6 Å². The van der Waals surface area contributed by atoms with Gasteiger partial charge in [-0.25, -0.2) is 0 Å². The van der Waals surface area contributed by atoms with Crippen LogP contribution in [0.2, 0.25) is 0 Å². The Bertz CT molecular complexity index is 650. The Hall–Kier alpha value is -2.79. The topological polar surface area (TPSA) is 89.7 Å². The lowest BCUT2D eigenvalue weighted by molar-refractivity contribution is -0.131. The molecule has 1 N–H and O–H groups in total. The molecule has 0 spiro atoms. The molecule has 0 fully saturated rings. The first-order valence-electron chi connectivity index (χ1n) is 5.77. The van der Waals surface area contributed by atoms with Crippen LogP contribution in [0.1, 0.15) is 30.3 Å². The van der Waals surface area contributed by atoms with Crippen LogP contribution >= 0.6 is 0 Å². The summed E-state index contributed by atoms with van der Waals surface area (Å²) < 4.78 is 5.21. The maximum atomic E-state index is 11.2. The van der Waals surface area contributed by atoms with Crippen LogP contribution in [-0.4, -0.2) is 11.0 Å². The number of aromatic nitrogens is 1. The van der Waals surface area contributed by atoms with Crippen LogP contribution in [0.5, 0.6) is 5.75 Å². The summed E-state index contributed by atoms with van der Waals surface area (Å²) in [7, 11) is 0. The lowest BCUT2D eigenvalue weighted by Crippen LogP contribution is -2.04. The van der Waals surface area contributed by atoms with E-state index in [1.54, 1.807) is 12.1 Å². The molecule has 1 aliphatic carbocycles. The fourth-order valence-corrected chi connectivity index (χ4v) is 1.98. The highest BCUT2D eigenvalue weighted by Gasteiger charge is 2.19. The third kappa shape index (κ3) is 2.56. The highest BCUT2D eigenvalue weighted by Crippen LogP contribution is 2.33. The number of ether oxygens (including phenoxy) is 1. The van der Waals surface area contributed by atoms with Crippen molar-refractivity contribution >= 4 is 18.1 Å². The Labute approximate surface area is 110 Å². The van der Waals surface area contributed by atoms with Gasteiger partial charge in [0.15, 0.2) is 5.75 Å². The fraction of sp³-hybridized carbons (Fsp3) is 0.214. The maximum Gasteiger partial charge on any atom is 0.308 e. The van der Waals surface area contributed by atoms with Gasteiger partial charge in [0.2, 0.25) is 0 Å². The number of carbonyl (C=O) groups excluding carboxylic acids is 1. The van der Waals surface area contributed by atoms with Crippen molar-refractivity contribution in [1.82, 2.24) is 4.98 Å². The molecule has 94 valence electrons. The van der Waals surface area contributed by atoms with Crippen LogP contribution < -0.4 is 4.74 Å². The molecule has 1 aromatic heterocycles. The van der Waals surface area contributed by atoms with Crippen molar-refractivity contribution in [3.05, 3.63) is 28.6 Å². The molecule has 0 aromatic carbocycles. The van der Waals surface area contributed by atoms with E-state index in [1.807, 2.05) is 12.2 Å². The molecule has 0 unspecified atom stereocenters. The highest BCUT2D eigenvalue weighted by molar-refractivity contribution is 5.76. The quantitative estimate of drug-likeness (QED) is 0.647. The number of nitriles is 2.